The molecule has 1 rings (SSSR count). The molecule has 1 aromatic carbocycles. The first-order valence-electron chi connectivity index (χ1n) is 3.88. The molecule has 15 heavy (non-hydrogen) atoms. The van der Waals surface area contributed by atoms with Crippen LogP contribution in [0.25, 0.3) is 0 Å². The molecule has 0 aliphatic carbocycles. The number of halogens is 2. The van der Waals surface area contributed by atoms with Crippen molar-refractivity contribution in [2.75, 3.05) is 0 Å². The summed E-state index contributed by atoms with van der Waals surface area (Å²) in [5.74, 6) is -4.38. The van der Waals surface area contributed by atoms with Gasteiger partial charge in [-0.15, -0.1) is 0 Å². The summed E-state index contributed by atoms with van der Waals surface area (Å²) in [6.45, 7) is 0. The zero-order valence-electron chi connectivity index (χ0n) is 7.37. The van der Waals surface area contributed by atoms with E-state index in [9.17, 15) is 13.6 Å². The molecular weight excluding hydrogens is 202 g/mol. The van der Waals surface area contributed by atoms with Gasteiger partial charge in [-0.3, -0.25) is 4.79 Å². The number of ketones is 1. The van der Waals surface area contributed by atoms with Gasteiger partial charge in [-0.1, -0.05) is 0 Å². The number of hydrogen-bond acceptors (Lipinski definition) is 3. The number of rotatable bonds is 2. The molecule has 0 aliphatic heterocycles. The van der Waals surface area contributed by atoms with Crippen LogP contribution in [0, 0.1) is 40.2 Å². The van der Waals surface area contributed by atoms with Gasteiger partial charge in [0.1, 0.15) is 11.6 Å². The molecule has 0 saturated carbocycles. The summed E-state index contributed by atoms with van der Waals surface area (Å²) < 4.78 is 25.7. The van der Waals surface area contributed by atoms with Crippen molar-refractivity contribution in [1.29, 1.82) is 10.5 Å². The van der Waals surface area contributed by atoms with Crippen LogP contribution in [0.15, 0.2) is 18.2 Å². The van der Waals surface area contributed by atoms with Crippen LogP contribution in [-0.4, -0.2) is 5.78 Å². The second-order valence-electron chi connectivity index (χ2n) is 2.68. The first-order valence-corrected chi connectivity index (χ1v) is 3.88. The second-order valence-corrected chi connectivity index (χ2v) is 2.68. The Morgan fingerprint density at radius 2 is 1.87 bits per heavy atom. The lowest BCUT2D eigenvalue weighted by molar-refractivity contribution is 0.0966. The Balaban J connectivity index is 3.18. The minimum atomic E-state index is -1.61. The van der Waals surface area contributed by atoms with E-state index in [1.54, 1.807) is 0 Å². The van der Waals surface area contributed by atoms with Crippen molar-refractivity contribution in [3.8, 4) is 12.1 Å². The van der Waals surface area contributed by atoms with Crippen LogP contribution in [0.4, 0.5) is 8.78 Å². The smallest absolute Gasteiger partial charge is 0.197 e. The molecule has 0 heterocycles. The molecule has 0 saturated heterocycles. The zero-order chi connectivity index (χ0) is 11.4. The molecule has 0 atom stereocenters. The predicted octanol–water partition coefficient (Wildman–Crippen LogP) is 1.81. The maximum absolute atomic E-state index is 13.0. The van der Waals surface area contributed by atoms with Crippen molar-refractivity contribution < 1.29 is 13.6 Å². The quantitative estimate of drug-likeness (QED) is 0.693. The lowest BCUT2D eigenvalue weighted by atomic mass is 10.00. The fourth-order valence-electron chi connectivity index (χ4n) is 0.988. The van der Waals surface area contributed by atoms with Crippen LogP contribution in [0.1, 0.15) is 10.4 Å². The molecule has 0 spiro atoms. The van der Waals surface area contributed by atoms with Crippen molar-refractivity contribution in [2.24, 2.45) is 5.92 Å². The molecule has 1 aromatic rings. The van der Waals surface area contributed by atoms with Gasteiger partial charge in [0.05, 0.1) is 17.7 Å². The molecule has 74 valence electrons. The third-order valence-corrected chi connectivity index (χ3v) is 1.71. The van der Waals surface area contributed by atoms with E-state index >= 15 is 0 Å². The first kappa shape index (κ1) is 10.8. The third-order valence-electron chi connectivity index (χ3n) is 1.71. The molecule has 0 radical (unpaired) electrons. The van der Waals surface area contributed by atoms with Gasteiger partial charge in [-0.2, -0.15) is 10.5 Å². The van der Waals surface area contributed by atoms with Gasteiger partial charge in [-0.05, 0) is 18.2 Å². The van der Waals surface area contributed by atoms with Gasteiger partial charge in [0.15, 0.2) is 11.7 Å². The predicted molar refractivity (Wildman–Crippen MR) is 45.4 cm³/mol. The summed E-state index contributed by atoms with van der Waals surface area (Å²) in [5, 5.41) is 16.8. The minimum Gasteiger partial charge on any atom is -0.291 e. The minimum absolute atomic E-state index is 0.580. The largest absolute Gasteiger partial charge is 0.291 e. The molecule has 0 aromatic heterocycles. The van der Waals surface area contributed by atoms with E-state index in [1.807, 2.05) is 0 Å². The summed E-state index contributed by atoms with van der Waals surface area (Å²) in [5.41, 5.74) is -0.580. The van der Waals surface area contributed by atoms with Crippen LogP contribution >= 0.6 is 0 Å². The summed E-state index contributed by atoms with van der Waals surface area (Å²) in [4.78, 5) is 11.3. The number of nitriles is 2. The zero-order valence-corrected chi connectivity index (χ0v) is 7.37. The highest BCUT2D eigenvalue weighted by atomic mass is 19.1. The summed E-state index contributed by atoms with van der Waals surface area (Å²) in [6.07, 6.45) is 0. The summed E-state index contributed by atoms with van der Waals surface area (Å²) in [7, 11) is 0. The highest BCUT2D eigenvalue weighted by Crippen LogP contribution is 2.14. The standard InChI is InChI=1S/C10H4F2N2O/c11-7-1-2-9(12)8(3-7)10(15)6(4-13)5-14/h1-3,6H. The molecule has 0 fully saturated rings. The Labute approximate surface area is 84.2 Å². The van der Waals surface area contributed by atoms with Gasteiger partial charge in [0.25, 0.3) is 0 Å². The fourth-order valence-corrected chi connectivity index (χ4v) is 0.988. The maximum atomic E-state index is 13.0. The average molecular weight is 206 g/mol. The maximum Gasteiger partial charge on any atom is 0.197 e. The number of nitrogens with zero attached hydrogens (tertiary/aromatic N) is 2. The van der Waals surface area contributed by atoms with E-state index in [2.05, 4.69) is 0 Å². The molecule has 0 aliphatic rings. The van der Waals surface area contributed by atoms with Crippen molar-refractivity contribution in [2.45, 2.75) is 0 Å². The van der Waals surface area contributed by atoms with E-state index < -0.39 is 28.9 Å². The average Bonchev–Trinajstić information content (AvgIpc) is 2.23. The van der Waals surface area contributed by atoms with Crippen LogP contribution in [0.5, 0.6) is 0 Å². The number of benzene rings is 1. The Kier molecular flexibility index (Phi) is 3.10. The summed E-state index contributed by atoms with van der Waals surface area (Å²) in [6, 6.07) is 5.08. The van der Waals surface area contributed by atoms with Crippen LogP contribution in [0.2, 0.25) is 0 Å². The van der Waals surface area contributed by atoms with E-state index in [0.29, 0.717) is 6.07 Å². The number of carbonyl (C=O) groups excluding carboxylic acids is 1. The lowest BCUT2D eigenvalue weighted by Gasteiger charge is -2.01. The van der Waals surface area contributed by atoms with E-state index in [4.69, 9.17) is 10.5 Å². The number of Topliss-reactive ketones (excluding diaryl/α,β-unsaturated/α-hetero) is 1. The second kappa shape index (κ2) is 4.30. The monoisotopic (exact) mass is 206 g/mol. The van der Waals surface area contributed by atoms with E-state index in [-0.39, 0.29) is 0 Å². The third kappa shape index (κ3) is 2.15. The molecule has 3 nitrogen and oxygen atoms in total. The van der Waals surface area contributed by atoms with Crippen molar-refractivity contribution in [3.63, 3.8) is 0 Å². The molecule has 0 unspecified atom stereocenters. The highest BCUT2D eigenvalue weighted by Gasteiger charge is 2.22. The molecule has 5 heteroatoms. The highest BCUT2D eigenvalue weighted by molar-refractivity contribution is 6.01. The molecule has 0 bridgehead atoms. The van der Waals surface area contributed by atoms with Crippen LogP contribution < -0.4 is 0 Å². The topological polar surface area (TPSA) is 64.7 Å². The van der Waals surface area contributed by atoms with Crippen molar-refractivity contribution in [3.05, 3.63) is 35.4 Å². The molecule has 0 amide bonds. The number of carbonyl (C=O) groups is 1. The van der Waals surface area contributed by atoms with E-state index in [1.165, 1.54) is 12.1 Å². The number of hydrogen-bond donors (Lipinski definition) is 0. The fraction of sp³-hybridized carbons (Fsp3) is 0.100. The van der Waals surface area contributed by atoms with Crippen LogP contribution in [0.3, 0.4) is 0 Å². The van der Waals surface area contributed by atoms with Gasteiger partial charge in [-0.25, -0.2) is 8.78 Å². The normalized spacial score (nSPS) is 9.40. The Bertz CT molecular complexity index is 471. The van der Waals surface area contributed by atoms with Gasteiger partial charge >= 0.3 is 0 Å². The Hall–Kier alpha value is -2.27. The van der Waals surface area contributed by atoms with Crippen molar-refractivity contribution in [1.82, 2.24) is 0 Å². The first-order chi connectivity index (χ1) is 7.10. The van der Waals surface area contributed by atoms with Gasteiger partial charge in [0, 0.05) is 0 Å². The van der Waals surface area contributed by atoms with Gasteiger partial charge in [0.2, 0.25) is 0 Å². The SMILES string of the molecule is N#CC(C#N)C(=O)c1cc(F)ccc1F. The van der Waals surface area contributed by atoms with Gasteiger partial charge < -0.3 is 0 Å². The Morgan fingerprint density at radius 3 is 2.40 bits per heavy atom. The Morgan fingerprint density at radius 1 is 1.27 bits per heavy atom. The summed E-state index contributed by atoms with van der Waals surface area (Å²) >= 11 is 0. The molecule has 0 N–H and O–H groups in total. The van der Waals surface area contributed by atoms with Crippen LogP contribution in [-0.2, 0) is 0 Å². The molecular formula is C10H4F2N2O. The van der Waals surface area contributed by atoms with E-state index in [0.717, 1.165) is 12.1 Å². The lowest BCUT2D eigenvalue weighted by Crippen LogP contribution is -2.13. The van der Waals surface area contributed by atoms with Crippen molar-refractivity contribution >= 4 is 5.78 Å².